The van der Waals surface area contributed by atoms with E-state index < -0.39 is 6.09 Å². The van der Waals surface area contributed by atoms with Crippen molar-refractivity contribution in [2.24, 2.45) is 0 Å². The van der Waals surface area contributed by atoms with Crippen LogP contribution in [0.3, 0.4) is 0 Å². The van der Waals surface area contributed by atoms with Gasteiger partial charge in [-0.2, -0.15) is 0 Å². The molecule has 27 heavy (non-hydrogen) atoms. The number of carbonyl (C=O) groups is 1. The summed E-state index contributed by atoms with van der Waals surface area (Å²) >= 11 is 0. The Balaban J connectivity index is 2.26. The summed E-state index contributed by atoms with van der Waals surface area (Å²) in [6.45, 7) is 0.717. The van der Waals surface area contributed by atoms with E-state index in [0.29, 0.717) is 5.69 Å². The van der Waals surface area contributed by atoms with E-state index >= 15 is 0 Å². The largest absolute Gasteiger partial charge is 0.452 e. The van der Waals surface area contributed by atoms with Gasteiger partial charge in [-0.1, -0.05) is 36.4 Å². The fourth-order valence-electron chi connectivity index (χ4n) is 3.22. The number of hydrogen-bond acceptors (Lipinski definition) is 6. The van der Waals surface area contributed by atoms with Crippen LogP contribution in [0.4, 0.5) is 4.79 Å². The molecule has 0 saturated carbocycles. The Morgan fingerprint density at radius 2 is 1.59 bits per heavy atom. The van der Waals surface area contributed by atoms with Crippen molar-refractivity contribution >= 4 is 27.8 Å². The van der Waals surface area contributed by atoms with Crippen molar-refractivity contribution in [2.45, 2.75) is 13.2 Å². The number of rotatable bonds is 8. The van der Waals surface area contributed by atoms with Crippen LogP contribution in [-0.4, -0.2) is 45.6 Å². The zero-order chi connectivity index (χ0) is 19.2. The van der Waals surface area contributed by atoms with Crippen LogP contribution in [0.25, 0.3) is 21.7 Å². The second kappa shape index (κ2) is 8.96. The summed E-state index contributed by atoms with van der Waals surface area (Å²) in [6.07, 6.45) is -0.481. The summed E-state index contributed by atoms with van der Waals surface area (Å²) in [4.78, 5) is 12.7. The average Bonchev–Trinajstić information content (AvgIpc) is 3.02. The predicted molar refractivity (Wildman–Crippen MR) is 101 cm³/mol. The van der Waals surface area contributed by atoms with Gasteiger partial charge in [0, 0.05) is 30.6 Å². The number of benzene rings is 2. The van der Waals surface area contributed by atoms with Gasteiger partial charge in [-0.15, -0.1) is 0 Å². The third-order valence-corrected chi connectivity index (χ3v) is 4.31. The Kier molecular flexibility index (Phi) is 6.41. The molecule has 0 unspecified atom stereocenters. The number of hydrogen-bond donors (Lipinski definition) is 0. The molecule has 0 aliphatic heterocycles. The van der Waals surface area contributed by atoms with Crippen molar-refractivity contribution in [2.75, 3.05) is 34.9 Å². The number of ether oxygens (including phenoxy) is 5. The highest BCUT2D eigenvalue weighted by Gasteiger charge is 2.23. The standard InChI is InChI=1S/C20H23NO6/c1-23-12-26-10-17-16-9-8-14-6-4-5-7-15(14)19(16)21(20(22)25-3)18(17)11-27-13-24-2/h4-9H,10-13H2,1-3H3. The Hall–Kier alpha value is -2.45. The quantitative estimate of drug-likeness (QED) is 0.443. The molecular weight excluding hydrogens is 350 g/mol. The molecule has 2 aromatic carbocycles. The van der Waals surface area contributed by atoms with E-state index in [9.17, 15) is 4.79 Å². The Bertz CT molecular complexity index is 933. The van der Waals surface area contributed by atoms with Gasteiger partial charge in [-0.3, -0.25) is 0 Å². The van der Waals surface area contributed by atoms with Gasteiger partial charge in [-0.25, -0.2) is 9.36 Å². The lowest BCUT2D eigenvalue weighted by molar-refractivity contribution is -0.0464. The Morgan fingerprint density at radius 1 is 0.889 bits per heavy atom. The van der Waals surface area contributed by atoms with Crippen LogP contribution in [0.2, 0.25) is 0 Å². The average molecular weight is 373 g/mol. The fraction of sp³-hybridized carbons (Fsp3) is 0.350. The van der Waals surface area contributed by atoms with Gasteiger partial charge < -0.3 is 23.7 Å². The monoisotopic (exact) mass is 373 g/mol. The molecule has 7 heteroatoms. The number of carbonyl (C=O) groups excluding carboxylic acids is 1. The minimum atomic E-state index is -0.481. The lowest BCUT2D eigenvalue weighted by Gasteiger charge is -2.11. The van der Waals surface area contributed by atoms with Crippen LogP contribution >= 0.6 is 0 Å². The lowest BCUT2D eigenvalue weighted by Crippen LogP contribution is -2.16. The lowest BCUT2D eigenvalue weighted by atomic mass is 10.1. The highest BCUT2D eigenvalue weighted by Crippen LogP contribution is 2.33. The van der Waals surface area contributed by atoms with Gasteiger partial charge >= 0.3 is 6.09 Å². The highest BCUT2D eigenvalue weighted by atomic mass is 16.7. The van der Waals surface area contributed by atoms with Crippen molar-refractivity contribution in [1.82, 2.24) is 4.57 Å². The summed E-state index contributed by atoms with van der Waals surface area (Å²) < 4.78 is 27.7. The molecule has 0 amide bonds. The number of aromatic nitrogens is 1. The van der Waals surface area contributed by atoms with E-state index in [2.05, 4.69) is 0 Å². The summed E-state index contributed by atoms with van der Waals surface area (Å²) in [7, 11) is 4.47. The number of fused-ring (bicyclic) bond motifs is 3. The van der Waals surface area contributed by atoms with Gasteiger partial charge in [0.25, 0.3) is 0 Å². The van der Waals surface area contributed by atoms with Crippen LogP contribution < -0.4 is 0 Å². The first-order chi connectivity index (χ1) is 13.2. The molecule has 144 valence electrons. The third-order valence-electron chi connectivity index (χ3n) is 4.31. The number of nitrogens with zero attached hydrogens (tertiary/aromatic N) is 1. The van der Waals surface area contributed by atoms with Gasteiger partial charge in [0.1, 0.15) is 13.6 Å². The molecule has 1 aromatic heterocycles. The van der Waals surface area contributed by atoms with E-state index in [0.717, 1.165) is 27.2 Å². The molecule has 0 N–H and O–H groups in total. The molecule has 0 saturated heterocycles. The maximum atomic E-state index is 12.7. The van der Waals surface area contributed by atoms with E-state index in [4.69, 9.17) is 23.7 Å². The first-order valence-corrected chi connectivity index (χ1v) is 8.48. The molecule has 0 bridgehead atoms. The van der Waals surface area contributed by atoms with E-state index in [1.165, 1.54) is 7.11 Å². The maximum absolute atomic E-state index is 12.7. The Labute approximate surface area is 157 Å². The molecule has 0 radical (unpaired) electrons. The van der Waals surface area contributed by atoms with Crippen LogP contribution in [0.5, 0.6) is 0 Å². The van der Waals surface area contributed by atoms with Gasteiger partial charge in [0.15, 0.2) is 0 Å². The number of methoxy groups -OCH3 is 3. The van der Waals surface area contributed by atoms with Crippen molar-refractivity contribution in [3.63, 3.8) is 0 Å². The van der Waals surface area contributed by atoms with Crippen molar-refractivity contribution in [3.8, 4) is 0 Å². The smallest absolute Gasteiger partial charge is 0.418 e. The van der Waals surface area contributed by atoms with Crippen molar-refractivity contribution < 1.29 is 28.5 Å². The van der Waals surface area contributed by atoms with E-state index in [-0.39, 0.29) is 26.8 Å². The van der Waals surface area contributed by atoms with Crippen LogP contribution in [0, 0.1) is 0 Å². The van der Waals surface area contributed by atoms with E-state index in [1.54, 1.807) is 18.8 Å². The first-order valence-electron chi connectivity index (χ1n) is 8.48. The minimum Gasteiger partial charge on any atom is -0.452 e. The second-order valence-corrected chi connectivity index (χ2v) is 5.92. The highest BCUT2D eigenvalue weighted by molar-refractivity contribution is 6.10. The summed E-state index contributed by atoms with van der Waals surface area (Å²) in [5, 5.41) is 2.89. The molecule has 0 aliphatic carbocycles. The summed E-state index contributed by atoms with van der Waals surface area (Å²) in [6, 6.07) is 11.9. The SMILES string of the molecule is COCOCc1c(COCOC)n(C(=O)OC)c2c1ccc1ccccc12. The zero-order valence-corrected chi connectivity index (χ0v) is 15.7. The summed E-state index contributed by atoms with van der Waals surface area (Å²) in [5.74, 6) is 0. The normalized spacial score (nSPS) is 11.4. The molecule has 0 atom stereocenters. The van der Waals surface area contributed by atoms with Crippen LogP contribution in [-0.2, 0) is 36.9 Å². The van der Waals surface area contributed by atoms with Crippen LogP contribution in [0.15, 0.2) is 36.4 Å². The Morgan fingerprint density at radius 3 is 2.30 bits per heavy atom. The van der Waals surface area contributed by atoms with Gasteiger partial charge in [0.2, 0.25) is 0 Å². The zero-order valence-electron chi connectivity index (χ0n) is 15.7. The topological polar surface area (TPSA) is 68.2 Å². The minimum absolute atomic E-state index is 0.113. The second-order valence-electron chi connectivity index (χ2n) is 5.92. The van der Waals surface area contributed by atoms with Gasteiger partial charge in [-0.05, 0) is 5.39 Å². The fourth-order valence-corrected chi connectivity index (χ4v) is 3.22. The molecule has 3 rings (SSSR count). The molecular formula is C20H23NO6. The molecule has 7 nitrogen and oxygen atoms in total. The van der Waals surface area contributed by atoms with Crippen LogP contribution in [0.1, 0.15) is 11.3 Å². The molecule has 1 heterocycles. The van der Waals surface area contributed by atoms with Gasteiger partial charge in [0.05, 0.1) is 31.5 Å². The van der Waals surface area contributed by atoms with E-state index in [1.807, 2.05) is 36.4 Å². The summed E-state index contributed by atoms with van der Waals surface area (Å²) in [5.41, 5.74) is 2.29. The predicted octanol–water partition coefficient (Wildman–Crippen LogP) is 3.65. The molecule has 0 spiro atoms. The third kappa shape index (κ3) is 3.81. The molecule has 3 aromatic rings. The van der Waals surface area contributed by atoms with Crippen molar-refractivity contribution in [3.05, 3.63) is 47.7 Å². The van der Waals surface area contributed by atoms with Crippen molar-refractivity contribution in [1.29, 1.82) is 0 Å². The first kappa shape index (κ1) is 19.3. The molecule has 0 aliphatic rings. The maximum Gasteiger partial charge on any atom is 0.418 e. The molecule has 0 fully saturated rings.